The van der Waals surface area contributed by atoms with Crippen molar-refractivity contribution in [2.24, 2.45) is 9.98 Å². The molecule has 4 heterocycles. The van der Waals surface area contributed by atoms with Gasteiger partial charge in [-0.25, -0.2) is 9.98 Å². The number of para-hydroxylation sites is 3. The minimum atomic E-state index is -0.443. The molecule has 0 aliphatic carbocycles. The fraction of sp³-hybridized carbons (Fsp3) is 0.0182. The fourth-order valence-corrected chi connectivity index (χ4v) is 9.29. The predicted octanol–water partition coefficient (Wildman–Crippen LogP) is 13.9. The van der Waals surface area contributed by atoms with Gasteiger partial charge in [0.05, 0.1) is 16.6 Å². The van der Waals surface area contributed by atoms with Crippen LogP contribution in [0.25, 0.3) is 93.3 Å². The van der Waals surface area contributed by atoms with Crippen LogP contribution in [0, 0.1) is 0 Å². The molecule has 3 aromatic heterocycles. The van der Waals surface area contributed by atoms with E-state index < -0.39 is 6.17 Å². The SMILES string of the molecule is c1ccc(-c2ccc(C3N=C(c4ccc5c(c4)oc4ccccc45)N=C(c4cc(-n5c6ccccc6c6cc7ccccc7cc65)cc5c4oc4ccccc45)N3)cc2)cc1. The number of nitrogens with zero attached hydrogens (tertiary/aromatic N) is 3. The Morgan fingerprint density at radius 3 is 1.90 bits per heavy atom. The quantitative estimate of drug-likeness (QED) is 0.189. The van der Waals surface area contributed by atoms with Gasteiger partial charge in [-0.15, -0.1) is 0 Å². The highest BCUT2D eigenvalue weighted by atomic mass is 16.3. The molecule has 286 valence electrons. The molecule has 0 radical (unpaired) electrons. The van der Waals surface area contributed by atoms with Crippen LogP contribution in [0.5, 0.6) is 0 Å². The summed E-state index contributed by atoms with van der Waals surface area (Å²) in [7, 11) is 0. The first-order valence-corrected chi connectivity index (χ1v) is 20.6. The van der Waals surface area contributed by atoms with Gasteiger partial charge in [0, 0.05) is 43.6 Å². The van der Waals surface area contributed by atoms with Gasteiger partial charge in [-0.1, -0.05) is 140 Å². The van der Waals surface area contributed by atoms with Crippen LogP contribution in [-0.4, -0.2) is 16.2 Å². The van der Waals surface area contributed by atoms with Gasteiger partial charge in [-0.2, -0.15) is 0 Å². The van der Waals surface area contributed by atoms with Crippen molar-refractivity contribution in [1.29, 1.82) is 0 Å². The first kappa shape index (κ1) is 33.7. The average Bonchev–Trinajstić information content (AvgIpc) is 4.00. The van der Waals surface area contributed by atoms with Crippen LogP contribution in [0.4, 0.5) is 0 Å². The normalized spacial score (nSPS) is 14.4. The molecule has 0 bridgehead atoms. The van der Waals surface area contributed by atoms with Crippen LogP contribution in [0.15, 0.2) is 213 Å². The van der Waals surface area contributed by atoms with E-state index in [2.05, 4.69) is 168 Å². The second kappa shape index (κ2) is 13.1. The number of nitrogens with one attached hydrogen (secondary N) is 1. The zero-order valence-electron chi connectivity index (χ0n) is 32.7. The number of amidine groups is 2. The lowest BCUT2D eigenvalue weighted by Gasteiger charge is -2.24. The summed E-state index contributed by atoms with van der Waals surface area (Å²) < 4.78 is 15.5. The third-order valence-electron chi connectivity index (χ3n) is 12.2. The summed E-state index contributed by atoms with van der Waals surface area (Å²) in [4.78, 5) is 10.7. The van der Waals surface area contributed by atoms with Crippen LogP contribution in [0.3, 0.4) is 0 Å². The topological polar surface area (TPSA) is 68.0 Å². The number of aromatic nitrogens is 1. The summed E-state index contributed by atoms with van der Waals surface area (Å²) in [6.45, 7) is 0. The van der Waals surface area contributed by atoms with E-state index >= 15 is 0 Å². The molecule has 0 amide bonds. The highest BCUT2D eigenvalue weighted by molar-refractivity contribution is 6.21. The fourth-order valence-electron chi connectivity index (χ4n) is 9.29. The Kier molecular flexibility index (Phi) is 7.27. The Labute approximate surface area is 349 Å². The Balaban J connectivity index is 1.04. The number of fused-ring (bicyclic) bond motifs is 10. The lowest BCUT2D eigenvalue weighted by atomic mass is 10.0. The van der Waals surface area contributed by atoms with Crippen LogP contribution < -0.4 is 5.32 Å². The van der Waals surface area contributed by atoms with Crippen molar-refractivity contribution < 1.29 is 8.83 Å². The van der Waals surface area contributed by atoms with Gasteiger partial charge in [-0.3, -0.25) is 0 Å². The summed E-state index contributed by atoms with van der Waals surface area (Å²) in [6.07, 6.45) is -0.443. The Morgan fingerprint density at radius 1 is 0.443 bits per heavy atom. The maximum absolute atomic E-state index is 6.79. The number of benzene rings is 9. The van der Waals surface area contributed by atoms with Crippen LogP contribution in [0.2, 0.25) is 0 Å². The van der Waals surface area contributed by atoms with E-state index in [1.54, 1.807) is 0 Å². The molecule has 1 aliphatic rings. The Bertz CT molecular complexity index is 3790. The monoisotopic (exact) mass is 782 g/mol. The van der Waals surface area contributed by atoms with Crippen molar-refractivity contribution in [3.8, 4) is 16.8 Å². The van der Waals surface area contributed by atoms with E-state index in [4.69, 9.17) is 18.8 Å². The molecule has 1 unspecified atom stereocenters. The summed E-state index contributed by atoms with van der Waals surface area (Å²) in [5.74, 6) is 1.27. The Morgan fingerprint density at radius 2 is 1.08 bits per heavy atom. The molecule has 13 rings (SSSR count). The molecule has 12 aromatic rings. The molecule has 0 fully saturated rings. The summed E-state index contributed by atoms with van der Waals surface area (Å²) >= 11 is 0. The molecule has 1 aliphatic heterocycles. The first-order valence-electron chi connectivity index (χ1n) is 20.6. The molecular weight excluding hydrogens is 749 g/mol. The van der Waals surface area contributed by atoms with Crippen LogP contribution in [0.1, 0.15) is 22.9 Å². The third-order valence-corrected chi connectivity index (χ3v) is 12.2. The minimum absolute atomic E-state index is 0.443. The highest BCUT2D eigenvalue weighted by Crippen LogP contribution is 2.40. The van der Waals surface area contributed by atoms with E-state index in [0.717, 1.165) is 82.9 Å². The predicted molar refractivity (Wildman–Crippen MR) is 250 cm³/mol. The summed E-state index contributed by atoms with van der Waals surface area (Å²) in [5, 5.41) is 12.8. The van der Waals surface area contributed by atoms with Crippen LogP contribution in [-0.2, 0) is 0 Å². The molecule has 0 saturated carbocycles. The van der Waals surface area contributed by atoms with Crippen molar-refractivity contribution in [3.63, 3.8) is 0 Å². The number of aliphatic imine (C=N–C) groups is 2. The molecule has 6 heteroatoms. The number of furan rings is 2. The standard InChI is InChI=1S/C55H34N4O2/c1-2-12-33(13-3-1)34-22-24-35(25-23-34)53-56-54(38-26-27-43-41-17-7-10-20-49(41)60-51(43)30-38)58-55(57-53)46-32-39(31-45-42-18-8-11-21-50(42)61-52(45)46)59-47-19-9-6-16-40(47)44-28-36-14-4-5-15-37(36)29-48(44)59/h1-32,53H,(H,56,57,58). The van der Waals surface area contributed by atoms with Gasteiger partial charge in [0.25, 0.3) is 0 Å². The van der Waals surface area contributed by atoms with Crippen molar-refractivity contribution in [2.75, 3.05) is 0 Å². The largest absolute Gasteiger partial charge is 0.456 e. The molecule has 9 aromatic carbocycles. The third kappa shape index (κ3) is 5.36. The first-order chi connectivity index (χ1) is 30.2. The summed E-state index contributed by atoms with van der Waals surface area (Å²) in [6, 6.07) is 68.1. The molecule has 0 saturated heterocycles. The molecule has 1 N–H and O–H groups in total. The smallest absolute Gasteiger partial charge is 0.159 e. The zero-order valence-corrected chi connectivity index (χ0v) is 32.7. The minimum Gasteiger partial charge on any atom is -0.456 e. The number of hydrogen-bond acceptors (Lipinski definition) is 5. The van der Waals surface area contributed by atoms with Crippen LogP contribution >= 0.6 is 0 Å². The van der Waals surface area contributed by atoms with Gasteiger partial charge in [0.2, 0.25) is 0 Å². The second-order valence-electron chi connectivity index (χ2n) is 15.8. The van der Waals surface area contributed by atoms with E-state index in [9.17, 15) is 0 Å². The van der Waals surface area contributed by atoms with Crippen molar-refractivity contribution in [2.45, 2.75) is 6.17 Å². The zero-order chi connectivity index (χ0) is 40.0. The Hall–Kier alpha value is -8.22. The maximum atomic E-state index is 6.79. The van der Waals surface area contributed by atoms with Gasteiger partial charge in [0.15, 0.2) is 5.84 Å². The van der Waals surface area contributed by atoms with E-state index in [-0.39, 0.29) is 0 Å². The molecule has 6 nitrogen and oxygen atoms in total. The average molecular weight is 783 g/mol. The molecular formula is C55H34N4O2. The van der Waals surface area contributed by atoms with E-state index in [1.807, 2.05) is 36.4 Å². The van der Waals surface area contributed by atoms with Gasteiger partial charge < -0.3 is 18.7 Å². The van der Waals surface area contributed by atoms with E-state index in [1.165, 1.54) is 27.1 Å². The molecule has 61 heavy (non-hydrogen) atoms. The van der Waals surface area contributed by atoms with Gasteiger partial charge in [0.1, 0.15) is 34.3 Å². The van der Waals surface area contributed by atoms with Gasteiger partial charge >= 0.3 is 0 Å². The lowest BCUT2D eigenvalue weighted by Crippen LogP contribution is -2.33. The van der Waals surface area contributed by atoms with E-state index in [0.29, 0.717) is 11.7 Å². The second-order valence-corrected chi connectivity index (χ2v) is 15.8. The highest BCUT2D eigenvalue weighted by Gasteiger charge is 2.26. The lowest BCUT2D eigenvalue weighted by molar-refractivity contribution is 0.659. The molecule has 0 spiro atoms. The summed E-state index contributed by atoms with van der Waals surface area (Å²) in [5.41, 5.74) is 11.5. The van der Waals surface area contributed by atoms with Crippen molar-refractivity contribution in [3.05, 3.63) is 211 Å². The molecule has 1 atom stereocenters. The number of rotatable bonds is 5. The van der Waals surface area contributed by atoms with Crippen molar-refractivity contribution >= 4 is 88.1 Å². The van der Waals surface area contributed by atoms with Crippen molar-refractivity contribution in [1.82, 2.24) is 9.88 Å². The maximum Gasteiger partial charge on any atom is 0.159 e. The number of hydrogen-bond donors (Lipinski definition) is 1. The van der Waals surface area contributed by atoms with Gasteiger partial charge in [-0.05, 0) is 82.1 Å².